The van der Waals surface area contributed by atoms with Gasteiger partial charge in [0.15, 0.2) is 0 Å². The van der Waals surface area contributed by atoms with Gasteiger partial charge in [0.1, 0.15) is 10.5 Å². The molecule has 1 aliphatic heterocycles. The number of nitro groups is 2. The van der Waals surface area contributed by atoms with Crippen LogP contribution >= 0.6 is 11.3 Å². The highest BCUT2D eigenvalue weighted by Crippen LogP contribution is 2.38. The van der Waals surface area contributed by atoms with Gasteiger partial charge in [-0.25, -0.2) is 4.79 Å². The molecule has 0 saturated heterocycles. The maximum atomic E-state index is 14.0. The van der Waals surface area contributed by atoms with E-state index in [1.165, 1.54) is 48.5 Å². The van der Waals surface area contributed by atoms with Crippen molar-refractivity contribution in [1.29, 1.82) is 0 Å². The normalized spacial score (nSPS) is 14.6. The second-order valence-electron chi connectivity index (χ2n) is 9.57. The van der Waals surface area contributed by atoms with Crippen molar-refractivity contribution in [1.82, 2.24) is 9.88 Å². The molecule has 0 aliphatic carbocycles. The third kappa shape index (κ3) is 5.61. The fourth-order valence-corrected chi connectivity index (χ4v) is 6.06. The molecule has 1 aromatic heterocycles. The van der Waals surface area contributed by atoms with Crippen LogP contribution < -0.4 is 25.8 Å². The van der Waals surface area contributed by atoms with E-state index < -0.39 is 33.2 Å². The van der Waals surface area contributed by atoms with Crippen molar-refractivity contribution in [2.75, 3.05) is 7.11 Å². The van der Waals surface area contributed by atoms with Crippen molar-refractivity contribution in [3.8, 4) is 0 Å². The van der Waals surface area contributed by atoms with Gasteiger partial charge in [-0.15, -0.1) is 11.3 Å². The van der Waals surface area contributed by atoms with Crippen LogP contribution in [0.3, 0.4) is 0 Å². The van der Waals surface area contributed by atoms with E-state index in [2.05, 4.69) is 5.32 Å². The molecule has 1 atom stereocenters. The number of methoxy groups -OCH3 is 1. The first kappa shape index (κ1) is 29.6. The fourth-order valence-electron chi connectivity index (χ4n) is 4.88. The number of hydrogen-bond acceptors (Lipinski definition) is 10. The largest absolute Gasteiger partial charge is 0.466 e. The highest BCUT2D eigenvalue weighted by molar-refractivity contribution is 7.07. The van der Waals surface area contributed by atoms with Crippen LogP contribution in [0.25, 0.3) is 17.5 Å². The maximum Gasteiger partial charge on any atom is 0.338 e. The van der Waals surface area contributed by atoms with Crippen molar-refractivity contribution >= 4 is 52.1 Å². The number of nitro benzene ring substituents is 2. The molecule has 14 heteroatoms. The predicted molar refractivity (Wildman–Crippen MR) is 161 cm³/mol. The molecule has 0 spiro atoms. The average molecular weight is 614 g/mol. The number of carbonyl (C=O) groups is 2. The number of thiazole rings is 1. The molecule has 0 bridgehead atoms. The molecule has 3 aromatic carbocycles. The third-order valence-corrected chi connectivity index (χ3v) is 8.00. The van der Waals surface area contributed by atoms with Gasteiger partial charge in [0, 0.05) is 30.8 Å². The van der Waals surface area contributed by atoms with Gasteiger partial charge >= 0.3 is 5.97 Å². The summed E-state index contributed by atoms with van der Waals surface area (Å²) < 4.78 is 6.17. The number of rotatable bonds is 8. The van der Waals surface area contributed by atoms with Crippen LogP contribution in [-0.2, 0) is 20.9 Å². The van der Waals surface area contributed by atoms with Crippen LogP contribution in [0.5, 0.6) is 0 Å². The summed E-state index contributed by atoms with van der Waals surface area (Å²) in [5.74, 6) is -3.17. The van der Waals surface area contributed by atoms with Crippen LogP contribution in [0.4, 0.5) is 11.4 Å². The van der Waals surface area contributed by atoms with Gasteiger partial charge in [0.2, 0.25) is 0 Å². The number of fused-ring (bicyclic) bond motifs is 1. The van der Waals surface area contributed by atoms with Crippen LogP contribution in [0.2, 0.25) is 0 Å². The summed E-state index contributed by atoms with van der Waals surface area (Å²) in [4.78, 5) is 62.7. The van der Waals surface area contributed by atoms with Crippen LogP contribution in [0, 0.1) is 20.2 Å². The van der Waals surface area contributed by atoms with Crippen LogP contribution in [0.15, 0.2) is 89.2 Å². The molecular weight excluding hydrogens is 590 g/mol. The van der Waals surface area contributed by atoms with Crippen molar-refractivity contribution < 1.29 is 24.2 Å². The number of carbonyl (C=O) groups excluding carboxylic acids is 2. The Hall–Kier alpha value is -5.89. The van der Waals surface area contributed by atoms with Crippen LogP contribution in [-0.4, -0.2) is 33.4 Å². The van der Waals surface area contributed by atoms with Crippen LogP contribution in [0.1, 0.15) is 22.6 Å². The Morgan fingerprint density at radius 2 is 1.64 bits per heavy atom. The number of nitrogens with two attached hydrogens (primary N) is 1. The van der Waals surface area contributed by atoms with Gasteiger partial charge in [-0.1, -0.05) is 54.6 Å². The van der Waals surface area contributed by atoms with E-state index in [1.807, 2.05) is 6.07 Å². The number of nitrogens with one attached hydrogen (secondary N) is 1. The minimum absolute atomic E-state index is 0.0585. The van der Waals surface area contributed by atoms with E-state index in [0.717, 1.165) is 28.6 Å². The first-order valence-electron chi connectivity index (χ1n) is 13.0. The number of amides is 1. The molecule has 3 N–H and O–H groups in total. The summed E-state index contributed by atoms with van der Waals surface area (Å²) in [7, 11) is 1.11. The van der Waals surface area contributed by atoms with Crippen molar-refractivity contribution in [3.05, 3.63) is 141 Å². The zero-order chi connectivity index (χ0) is 31.5. The molecule has 1 unspecified atom stereocenters. The summed E-state index contributed by atoms with van der Waals surface area (Å²) in [6.07, 6.45) is 1.41. The van der Waals surface area contributed by atoms with Crippen molar-refractivity contribution in [2.45, 2.75) is 12.5 Å². The number of esters is 1. The minimum atomic E-state index is -1.25. The summed E-state index contributed by atoms with van der Waals surface area (Å²) >= 11 is 0.890. The third-order valence-electron chi connectivity index (χ3n) is 6.89. The molecule has 0 radical (unpaired) electrons. The molecule has 2 heterocycles. The zero-order valence-corrected chi connectivity index (χ0v) is 23.8. The Balaban J connectivity index is 1.81. The zero-order valence-electron chi connectivity index (χ0n) is 23.0. The lowest BCUT2D eigenvalue weighted by Crippen LogP contribution is -2.43. The molecule has 44 heavy (non-hydrogen) atoms. The number of hydrogen-bond donors (Lipinski definition) is 2. The summed E-state index contributed by atoms with van der Waals surface area (Å²) in [6, 6.07) is 20.0. The molecule has 4 aromatic rings. The lowest BCUT2D eigenvalue weighted by molar-refractivity contribution is -0.385. The summed E-state index contributed by atoms with van der Waals surface area (Å²) in [5.41, 5.74) is 6.30. The average Bonchev–Trinajstić information content (AvgIpc) is 3.35. The Kier molecular flexibility index (Phi) is 8.17. The van der Waals surface area contributed by atoms with Crippen molar-refractivity contribution in [3.63, 3.8) is 0 Å². The summed E-state index contributed by atoms with van der Waals surface area (Å²) in [5, 5.41) is 25.7. The van der Waals surface area contributed by atoms with E-state index >= 15 is 0 Å². The Bertz CT molecular complexity index is 2050. The van der Waals surface area contributed by atoms with E-state index in [-0.39, 0.29) is 49.6 Å². The van der Waals surface area contributed by atoms with Gasteiger partial charge in [-0.05, 0) is 22.8 Å². The van der Waals surface area contributed by atoms with Gasteiger partial charge in [-0.2, -0.15) is 0 Å². The number of aromatic nitrogens is 1. The topological polar surface area (TPSA) is 190 Å². The van der Waals surface area contributed by atoms with Crippen molar-refractivity contribution in [2.24, 2.45) is 5.73 Å². The quantitative estimate of drug-likeness (QED) is 0.170. The molecular formula is C30H23N5O8S. The summed E-state index contributed by atoms with van der Waals surface area (Å²) in [6.45, 7) is 0.0971. The Labute approximate surface area is 252 Å². The van der Waals surface area contributed by atoms with Gasteiger partial charge in [-0.3, -0.25) is 34.4 Å². The molecule has 1 aliphatic rings. The molecule has 13 nitrogen and oxygen atoms in total. The number of ether oxygens (including phenoxy) is 1. The standard InChI is InChI=1S/C30H23N5O8S/c1-43-30(38)24-23(19-10-6-12-21(15-19)35(41)42)25(27(36)32-16-17-7-3-2-4-8-17)29-33(26(24)31)28(37)22(44-29)14-18-9-5-11-20(13-18)34(39)40/h2-15,23H,16,31H2,1H3,(H,32,36)/b22-14+. The number of benzene rings is 3. The fraction of sp³-hybridized carbons (Fsp3) is 0.100. The van der Waals surface area contributed by atoms with E-state index in [1.54, 1.807) is 30.3 Å². The minimum Gasteiger partial charge on any atom is -0.466 e. The number of non-ortho nitro benzene ring substituents is 2. The van der Waals surface area contributed by atoms with E-state index in [9.17, 15) is 34.6 Å². The maximum absolute atomic E-state index is 14.0. The van der Waals surface area contributed by atoms with Gasteiger partial charge < -0.3 is 15.8 Å². The lowest BCUT2D eigenvalue weighted by atomic mass is 9.82. The molecule has 1 amide bonds. The molecule has 5 rings (SSSR count). The smallest absolute Gasteiger partial charge is 0.338 e. The Morgan fingerprint density at radius 3 is 2.30 bits per heavy atom. The lowest BCUT2D eigenvalue weighted by Gasteiger charge is -2.27. The van der Waals surface area contributed by atoms with E-state index in [4.69, 9.17) is 10.5 Å². The second-order valence-corrected chi connectivity index (χ2v) is 10.6. The first-order chi connectivity index (χ1) is 21.1. The first-order valence-corrected chi connectivity index (χ1v) is 13.8. The Morgan fingerprint density at radius 1 is 0.977 bits per heavy atom. The molecule has 222 valence electrons. The highest BCUT2D eigenvalue weighted by atomic mass is 32.1. The SMILES string of the molecule is COC(=O)C1=C(N)n2c(s/c(=C/c3cccc([N+](=O)[O-])c3)c2=O)=C(C(=O)NCc2ccccc2)C1c1cccc([N+](=O)[O-])c1. The number of nitrogens with zero attached hydrogens (tertiary/aromatic N) is 3. The van der Waals surface area contributed by atoms with E-state index in [0.29, 0.717) is 5.56 Å². The van der Waals surface area contributed by atoms with Gasteiger partial charge in [0.05, 0.1) is 38.6 Å². The predicted octanol–water partition coefficient (Wildman–Crippen LogP) is 2.12. The highest BCUT2D eigenvalue weighted by Gasteiger charge is 2.39. The molecule has 0 saturated carbocycles. The molecule has 0 fully saturated rings. The van der Waals surface area contributed by atoms with Gasteiger partial charge in [0.25, 0.3) is 22.8 Å². The monoisotopic (exact) mass is 613 g/mol. The second kappa shape index (κ2) is 12.1.